The monoisotopic (exact) mass is 108 g/mol. The Balaban J connectivity index is 2.95. The Bertz CT molecular complexity index is 184. The zero-order valence-electron chi connectivity index (χ0n) is 5.10. The summed E-state index contributed by atoms with van der Waals surface area (Å²) in [6.07, 6.45) is 0. The minimum Gasteiger partial charge on any atom is -0.236 e. The van der Waals surface area contributed by atoms with Gasteiger partial charge < -0.3 is 0 Å². The first-order valence-electron chi connectivity index (χ1n) is 2.50. The Morgan fingerprint density at radius 1 is 1.25 bits per heavy atom. The maximum Gasteiger partial charge on any atom is 0.126 e. The van der Waals surface area contributed by atoms with Gasteiger partial charge in [-0.1, -0.05) is 6.58 Å². The van der Waals surface area contributed by atoms with Crippen LogP contribution in [0.15, 0.2) is 22.3 Å². The van der Waals surface area contributed by atoms with E-state index in [4.69, 9.17) is 0 Å². The summed E-state index contributed by atoms with van der Waals surface area (Å²) in [6, 6.07) is 0. The topological polar surface area (TPSA) is 24.7 Å². The Kier molecular flexibility index (Phi) is 1.01. The highest BCUT2D eigenvalue weighted by atomic mass is 15.0. The summed E-state index contributed by atoms with van der Waals surface area (Å²) in [5.41, 5.74) is 1.73. The lowest BCUT2D eigenvalue weighted by molar-refractivity contribution is 1.49. The molecule has 0 radical (unpaired) electrons. The molecule has 1 rings (SSSR count). The van der Waals surface area contributed by atoms with Crippen LogP contribution in [0.3, 0.4) is 0 Å². The van der Waals surface area contributed by atoms with Gasteiger partial charge in [-0.2, -0.15) is 0 Å². The van der Waals surface area contributed by atoms with E-state index in [1.165, 1.54) is 0 Å². The van der Waals surface area contributed by atoms with Gasteiger partial charge >= 0.3 is 0 Å². The Morgan fingerprint density at radius 3 is 2.00 bits per heavy atom. The molecule has 2 nitrogen and oxygen atoms in total. The zero-order chi connectivity index (χ0) is 6.15. The first-order valence-corrected chi connectivity index (χ1v) is 2.50. The summed E-state index contributed by atoms with van der Waals surface area (Å²) in [4.78, 5) is 8.03. The average Bonchev–Trinajstić information content (AvgIpc) is 1.85. The van der Waals surface area contributed by atoms with Crippen molar-refractivity contribution in [3.63, 3.8) is 0 Å². The van der Waals surface area contributed by atoms with Crippen LogP contribution in [0.1, 0.15) is 13.8 Å². The van der Waals surface area contributed by atoms with Crippen LogP contribution in [0.25, 0.3) is 0 Å². The lowest BCUT2D eigenvalue weighted by Gasteiger charge is -1.82. The average molecular weight is 108 g/mol. The molecular weight excluding hydrogens is 100 g/mol. The second kappa shape index (κ2) is 1.54. The predicted octanol–water partition coefficient (Wildman–Crippen LogP) is 1.39. The van der Waals surface area contributed by atoms with E-state index in [9.17, 15) is 0 Å². The SMILES string of the molecule is C=C1N=C(C)N=C1C. The molecular formula is C6H8N2. The summed E-state index contributed by atoms with van der Waals surface area (Å²) >= 11 is 0. The lowest BCUT2D eigenvalue weighted by Crippen LogP contribution is -1.84. The molecule has 42 valence electrons. The molecule has 0 atom stereocenters. The highest BCUT2D eigenvalue weighted by Crippen LogP contribution is 2.05. The van der Waals surface area contributed by atoms with Crippen LogP contribution in [0.4, 0.5) is 0 Å². The molecule has 0 unspecified atom stereocenters. The van der Waals surface area contributed by atoms with Crippen molar-refractivity contribution in [1.82, 2.24) is 0 Å². The number of rotatable bonds is 0. The van der Waals surface area contributed by atoms with Crippen LogP contribution in [0.5, 0.6) is 0 Å². The van der Waals surface area contributed by atoms with E-state index in [0.717, 1.165) is 17.2 Å². The van der Waals surface area contributed by atoms with E-state index < -0.39 is 0 Å². The predicted molar refractivity (Wildman–Crippen MR) is 35.4 cm³/mol. The summed E-state index contributed by atoms with van der Waals surface area (Å²) in [6.45, 7) is 7.44. The van der Waals surface area contributed by atoms with Crippen LogP contribution < -0.4 is 0 Å². The van der Waals surface area contributed by atoms with E-state index in [2.05, 4.69) is 16.6 Å². The van der Waals surface area contributed by atoms with Crippen LogP contribution in [0, 0.1) is 0 Å². The molecule has 0 aromatic carbocycles. The van der Waals surface area contributed by atoms with Crippen LogP contribution in [-0.4, -0.2) is 11.5 Å². The summed E-state index contributed by atoms with van der Waals surface area (Å²) < 4.78 is 0. The molecule has 0 N–H and O–H groups in total. The molecule has 0 spiro atoms. The molecule has 0 saturated heterocycles. The Labute approximate surface area is 48.7 Å². The summed E-state index contributed by atoms with van der Waals surface area (Å²) in [7, 11) is 0. The van der Waals surface area contributed by atoms with Gasteiger partial charge in [-0.15, -0.1) is 0 Å². The molecule has 1 aliphatic rings. The van der Waals surface area contributed by atoms with Crippen molar-refractivity contribution < 1.29 is 0 Å². The largest absolute Gasteiger partial charge is 0.236 e. The Hall–Kier alpha value is -0.920. The minimum absolute atomic E-state index is 0.794. The van der Waals surface area contributed by atoms with Crippen molar-refractivity contribution in [1.29, 1.82) is 0 Å². The van der Waals surface area contributed by atoms with Gasteiger partial charge in [-0.05, 0) is 13.8 Å². The number of allylic oxidation sites excluding steroid dienone is 1. The van der Waals surface area contributed by atoms with Gasteiger partial charge in [0.25, 0.3) is 0 Å². The van der Waals surface area contributed by atoms with Crippen molar-refractivity contribution in [3.8, 4) is 0 Å². The van der Waals surface area contributed by atoms with Gasteiger partial charge in [-0.25, -0.2) is 9.98 Å². The van der Waals surface area contributed by atoms with Crippen LogP contribution in [0.2, 0.25) is 0 Å². The van der Waals surface area contributed by atoms with Crippen molar-refractivity contribution >= 4 is 11.5 Å². The van der Waals surface area contributed by atoms with Crippen molar-refractivity contribution in [3.05, 3.63) is 12.3 Å². The number of amidine groups is 1. The van der Waals surface area contributed by atoms with Crippen LogP contribution >= 0.6 is 0 Å². The number of nitrogens with zero attached hydrogens (tertiary/aromatic N) is 2. The standard InChI is InChI=1S/C6H8N2/c1-4-5(2)8-6(3)7-4/h1H2,2-3H3. The smallest absolute Gasteiger partial charge is 0.126 e. The third-order valence-corrected chi connectivity index (χ3v) is 1.04. The molecule has 0 amide bonds. The molecule has 0 fully saturated rings. The molecule has 0 aromatic heterocycles. The quantitative estimate of drug-likeness (QED) is 0.448. The zero-order valence-corrected chi connectivity index (χ0v) is 5.10. The maximum atomic E-state index is 4.04. The second-order valence-corrected chi connectivity index (χ2v) is 1.80. The number of hydrogen-bond donors (Lipinski definition) is 0. The fraction of sp³-hybridized carbons (Fsp3) is 0.333. The number of aliphatic imine (C=N–C) groups is 2. The second-order valence-electron chi connectivity index (χ2n) is 1.80. The Morgan fingerprint density at radius 2 is 1.88 bits per heavy atom. The van der Waals surface area contributed by atoms with Crippen molar-refractivity contribution in [2.75, 3.05) is 0 Å². The molecule has 0 bridgehead atoms. The molecule has 8 heavy (non-hydrogen) atoms. The fourth-order valence-electron chi connectivity index (χ4n) is 0.608. The highest BCUT2D eigenvalue weighted by Gasteiger charge is 2.03. The summed E-state index contributed by atoms with van der Waals surface area (Å²) in [5.74, 6) is 0.813. The van der Waals surface area contributed by atoms with Gasteiger partial charge in [-0.3, -0.25) is 0 Å². The van der Waals surface area contributed by atoms with Gasteiger partial charge in [0.05, 0.1) is 11.4 Å². The van der Waals surface area contributed by atoms with Crippen molar-refractivity contribution in [2.45, 2.75) is 13.8 Å². The van der Waals surface area contributed by atoms with Crippen molar-refractivity contribution in [2.24, 2.45) is 9.98 Å². The van der Waals surface area contributed by atoms with Gasteiger partial charge in [0, 0.05) is 0 Å². The molecule has 0 saturated carbocycles. The first kappa shape index (κ1) is 5.22. The third kappa shape index (κ3) is 0.689. The lowest BCUT2D eigenvalue weighted by atomic mass is 10.4. The van der Waals surface area contributed by atoms with Gasteiger partial charge in [0.2, 0.25) is 0 Å². The van der Waals surface area contributed by atoms with E-state index in [0.29, 0.717) is 0 Å². The molecule has 1 heterocycles. The maximum absolute atomic E-state index is 4.04. The first-order chi connectivity index (χ1) is 3.70. The minimum atomic E-state index is 0.794. The summed E-state index contributed by atoms with van der Waals surface area (Å²) in [5, 5.41) is 0. The van der Waals surface area contributed by atoms with Crippen LogP contribution in [-0.2, 0) is 0 Å². The molecule has 0 aromatic rings. The normalized spacial score (nSPS) is 18.5. The van der Waals surface area contributed by atoms with E-state index in [-0.39, 0.29) is 0 Å². The number of hydrogen-bond acceptors (Lipinski definition) is 2. The molecule has 1 aliphatic heterocycles. The van der Waals surface area contributed by atoms with Gasteiger partial charge in [0.15, 0.2) is 0 Å². The highest BCUT2D eigenvalue weighted by molar-refractivity contribution is 6.10. The molecule has 0 aliphatic carbocycles. The van der Waals surface area contributed by atoms with Gasteiger partial charge in [0.1, 0.15) is 5.84 Å². The van der Waals surface area contributed by atoms with E-state index in [1.54, 1.807) is 0 Å². The van der Waals surface area contributed by atoms with E-state index >= 15 is 0 Å². The fourth-order valence-corrected chi connectivity index (χ4v) is 0.608. The van der Waals surface area contributed by atoms with E-state index in [1.807, 2.05) is 13.8 Å². The third-order valence-electron chi connectivity index (χ3n) is 1.04. The molecule has 2 heteroatoms.